The molecule has 1 aromatic heterocycles. The second-order valence-electron chi connectivity index (χ2n) is 3.18. The minimum absolute atomic E-state index is 0.583. The van der Waals surface area contributed by atoms with Crippen molar-refractivity contribution in [2.24, 2.45) is 5.73 Å². The van der Waals surface area contributed by atoms with Gasteiger partial charge in [-0.15, -0.1) is 11.3 Å². The van der Waals surface area contributed by atoms with Gasteiger partial charge in [-0.05, 0) is 26.8 Å². The molecular formula is C9H16N2OS2. The summed E-state index contributed by atoms with van der Waals surface area (Å²) < 4.78 is 11.5. The Labute approximate surface area is 91.2 Å². The van der Waals surface area contributed by atoms with Crippen LogP contribution in [0.25, 0.3) is 0 Å². The molecule has 0 spiro atoms. The molecule has 0 saturated heterocycles. The lowest BCUT2D eigenvalue weighted by Gasteiger charge is -1.97. The smallest absolute Gasteiger partial charge is 0.106 e. The Morgan fingerprint density at radius 1 is 1.50 bits per heavy atom. The molecular weight excluding hydrogens is 216 g/mol. The van der Waals surface area contributed by atoms with E-state index in [-0.39, 0.29) is 0 Å². The van der Waals surface area contributed by atoms with Crippen molar-refractivity contribution in [3.05, 3.63) is 15.6 Å². The molecule has 0 aromatic carbocycles. The van der Waals surface area contributed by atoms with E-state index in [1.165, 1.54) is 4.88 Å². The molecule has 0 aliphatic rings. The fourth-order valence-corrected chi connectivity index (χ4v) is 3.39. The molecule has 1 unspecified atom stereocenters. The number of hydrogen-bond acceptors (Lipinski definition) is 4. The van der Waals surface area contributed by atoms with Crippen molar-refractivity contribution in [2.75, 3.05) is 12.3 Å². The zero-order valence-electron chi connectivity index (χ0n) is 8.58. The van der Waals surface area contributed by atoms with E-state index >= 15 is 0 Å². The van der Waals surface area contributed by atoms with Gasteiger partial charge in [0.05, 0.1) is 11.4 Å². The van der Waals surface area contributed by atoms with E-state index in [9.17, 15) is 4.21 Å². The molecule has 3 nitrogen and oxygen atoms in total. The first kappa shape index (κ1) is 11.8. The third-order valence-electron chi connectivity index (χ3n) is 1.93. The molecule has 1 aromatic rings. The highest BCUT2D eigenvalue weighted by Crippen LogP contribution is 2.17. The van der Waals surface area contributed by atoms with Crippen LogP contribution in [0.3, 0.4) is 0 Å². The summed E-state index contributed by atoms with van der Waals surface area (Å²) in [5.74, 6) is 1.27. The number of thiazole rings is 1. The maximum absolute atomic E-state index is 11.5. The number of nitrogens with zero attached hydrogens (tertiary/aromatic N) is 1. The molecule has 5 heteroatoms. The fraction of sp³-hybridized carbons (Fsp3) is 0.667. The van der Waals surface area contributed by atoms with E-state index in [1.807, 2.05) is 13.8 Å². The normalized spacial score (nSPS) is 13.1. The third-order valence-corrected chi connectivity index (χ3v) is 4.53. The molecule has 0 amide bonds. The van der Waals surface area contributed by atoms with E-state index in [2.05, 4.69) is 4.98 Å². The molecule has 0 aliphatic carbocycles. The van der Waals surface area contributed by atoms with Gasteiger partial charge in [0.1, 0.15) is 5.01 Å². The summed E-state index contributed by atoms with van der Waals surface area (Å²) in [5, 5.41) is 0.982. The highest BCUT2D eigenvalue weighted by Gasteiger charge is 2.07. The first-order chi connectivity index (χ1) is 6.63. The van der Waals surface area contributed by atoms with Crippen LogP contribution in [0.15, 0.2) is 0 Å². The van der Waals surface area contributed by atoms with Gasteiger partial charge in [0.15, 0.2) is 0 Å². The van der Waals surface area contributed by atoms with Crippen molar-refractivity contribution in [3.8, 4) is 0 Å². The number of hydrogen-bond donors (Lipinski definition) is 1. The average molecular weight is 232 g/mol. The Morgan fingerprint density at radius 2 is 2.21 bits per heavy atom. The standard InChI is InChI=1S/C9H16N2OS2/c1-7-8(2)13-9(11-7)6-14(12)5-3-4-10/h3-6,10H2,1-2H3. The maximum Gasteiger partial charge on any atom is 0.106 e. The first-order valence-corrected chi connectivity index (χ1v) is 6.92. The predicted molar refractivity (Wildman–Crippen MR) is 62.0 cm³/mol. The SMILES string of the molecule is Cc1nc(CS(=O)CCCN)sc1C. The van der Waals surface area contributed by atoms with Crippen LogP contribution in [0.2, 0.25) is 0 Å². The summed E-state index contributed by atoms with van der Waals surface area (Å²) in [7, 11) is -0.798. The number of aryl methyl sites for hydroxylation is 2. The lowest BCUT2D eigenvalue weighted by molar-refractivity contribution is 0.680. The van der Waals surface area contributed by atoms with Crippen molar-refractivity contribution >= 4 is 22.1 Å². The lowest BCUT2D eigenvalue weighted by Crippen LogP contribution is -2.07. The Morgan fingerprint density at radius 3 is 2.71 bits per heavy atom. The highest BCUT2D eigenvalue weighted by atomic mass is 32.2. The maximum atomic E-state index is 11.5. The quantitative estimate of drug-likeness (QED) is 0.834. The van der Waals surface area contributed by atoms with Gasteiger partial charge in [-0.1, -0.05) is 0 Å². The summed E-state index contributed by atoms with van der Waals surface area (Å²) in [6, 6.07) is 0. The zero-order chi connectivity index (χ0) is 10.6. The van der Waals surface area contributed by atoms with Gasteiger partial charge in [-0.3, -0.25) is 4.21 Å². The molecule has 0 aliphatic heterocycles. The number of aromatic nitrogens is 1. The van der Waals surface area contributed by atoms with E-state index in [0.717, 1.165) is 17.1 Å². The molecule has 1 atom stereocenters. The molecule has 0 fully saturated rings. The Kier molecular flexibility index (Phi) is 4.71. The van der Waals surface area contributed by atoms with Crippen LogP contribution >= 0.6 is 11.3 Å². The number of nitrogens with two attached hydrogens (primary N) is 1. The van der Waals surface area contributed by atoms with E-state index in [1.54, 1.807) is 11.3 Å². The van der Waals surface area contributed by atoms with E-state index < -0.39 is 10.8 Å². The second kappa shape index (κ2) is 5.58. The molecule has 2 N–H and O–H groups in total. The Bertz CT molecular complexity index is 303. The van der Waals surface area contributed by atoms with Gasteiger partial charge in [0, 0.05) is 21.4 Å². The van der Waals surface area contributed by atoms with Crippen molar-refractivity contribution in [1.82, 2.24) is 4.98 Å². The highest BCUT2D eigenvalue weighted by molar-refractivity contribution is 7.84. The van der Waals surface area contributed by atoms with Crippen LogP contribution < -0.4 is 5.73 Å². The summed E-state index contributed by atoms with van der Waals surface area (Å²) in [5.41, 5.74) is 6.41. The topological polar surface area (TPSA) is 56.0 Å². The van der Waals surface area contributed by atoms with Crippen LogP contribution in [-0.4, -0.2) is 21.5 Å². The lowest BCUT2D eigenvalue weighted by atomic mass is 10.4. The van der Waals surface area contributed by atoms with Crippen LogP contribution in [0.1, 0.15) is 22.0 Å². The van der Waals surface area contributed by atoms with E-state index in [0.29, 0.717) is 18.1 Å². The Hall–Kier alpha value is -0.260. The van der Waals surface area contributed by atoms with Gasteiger partial charge < -0.3 is 5.73 Å². The first-order valence-electron chi connectivity index (χ1n) is 4.61. The van der Waals surface area contributed by atoms with Crippen molar-refractivity contribution in [3.63, 3.8) is 0 Å². The monoisotopic (exact) mass is 232 g/mol. The third kappa shape index (κ3) is 3.48. The molecule has 0 saturated carbocycles. The summed E-state index contributed by atoms with van der Waals surface area (Å²) in [6.45, 7) is 4.64. The second-order valence-corrected chi connectivity index (χ2v) is 6.04. The average Bonchev–Trinajstić information content (AvgIpc) is 2.42. The largest absolute Gasteiger partial charge is 0.330 e. The molecule has 1 heterocycles. The summed E-state index contributed by atoms with van der Waals surface area (Å²) in [4.78, 5) is 5.57. The van der Waals surface area contributed by atoms with Gasteiger partial charge in [0.25, 0.3) is 0 Å². The molecule has 0 radical (unpaired) electrons. The molecule has 14 heavy (non-hydrogen) atoms. The van der Waals surface area contributed by atoms with Crippen LogP contribution in [0, 0.1) is 13.8 Å². The fourth-order valence-electron chi connectivity index (χ4n) is 1.06. The van der Waals surface area contributed by atoms with Crippen LogP contribution in [-0.2, 0) is 16.6 Å². The van der Waals surface area contributed by atoms with Crippen molar-refractivity contribution in [2.45, 2.75) is 26.0 Å². The molecule has 80 valence electrons. The minimum Gasteiger partial charge on any atom is -0.330 e. The van der Waals surface area contributed by atoms with E-state index in [4.69, 9.17) is 5.73 Å². The Balaban J connectivity index is 2.48. The van der Waals surface area contributed by atoms with Crippen LogP contribution in [0.5, 0.6) is 0 Å². The predicted octanol–water partition coefficient (Wildman–Crippen LogP) is 1.36. The van der Waals surface area contributed by atoms with Crippen molar-refractivity contribution in [1.29, 1.82) is 0 Å². The van der Waals surface area contributed by atoms with Gasteiger partial charge in [-0.25, -0.2) is 4.98 Å². The molecule has 1 rings (SSSR count). The number of rotatable bonds is 5. The minimum atomic E-state index is -0.798. The summed E-state index contributed by atoms with van der Waals surface area (Å²) in [6.07, 6.45) is 0.829. The van der Waals surface area contributed by atoms with Crippen LogP contribution in [0.4, 0.5) is 0 Å². The van der Waals surface area contributed by atoms with Gasteiger partial charge in [-0.2, -0.15) is 0 Å². The molecule has 0 bridgehead atoms. The van der Waals surface area contributed by atoms with Crippen molar-refractivity contribution < 1.29 is 4.21 Å². The summed E-state index contributed by atoms with van der Waals surface area (Å²) >= 11 is 1.64. The van der Waals surface area contributed by atoms with Gasteiger partial charge in [0.2, 0.25) is 0 Å². The zero-order valence-corrected chi connectivity index (χ0v) is 10.2. The van der Waals surface area contributed by atoms with Gasteiger partial charge >= 0.3 is 0 Å².